The number of rotatable bonds is 4. The number of hydrogen-bond donors (Lipinski definition) is 1. The summed E-state index contributed by atoms with van der Waals surface area (Å²) in [6, 6.07) is 9.88. The Bertz CT molecular complexity index is 768. The van der Waals surface area contributed by atoms with Gasteiger partial charge in [-0.25, -0.2) is 4.79 Å². The predicted molar refractivity (Wildman–Crippen MR) is 94.5 cm³/mol. The van der Waals surface area contributed by atoms with Gasteiger partial charge in [0.25, 0.3) is 5.91 Å². The Balaban J connectivity index is 1.99. The van der Waals surface area contributed by atoms with E-state index in [9.17, 15) is 9.59 Å². The van der Waals surface area contributed by atoms with E-state index in [4.69, 9.17) is 39.5 Å². The van der Waals surface area contributed by atoms with Crippen molar-refractivity contribution in [2.24, 2.45) is 0 Å². The van der Waals surface area contributed by atoms with Crippen molar-refractivity contribution < 1.29 is 14.3 Å². The summed E-state index contributed by atoms with van der Waals surface area (Å²) in [5.41, 5.74) is 0.496. The Labute approximate surface area is 155 Å². The van der Waals surface area contributed by atoms with Crippen LogP contribution in [0.1, 0.15) is 10.4 Å². The predicted octanol–water partition coefficient (Wildman–Crippen LogP) is 5.20. The van der Waals surface area contributed by atoms with Crippen LogP contribution in [0.4, 0.5) is 5.69 Å². The molecule has 0 heterocycles. The summed E-state index contributed by atoms with van der Waals surface area (Å²) in [6.07, 6.45) is 0. The highest BCUT2D eigenvalue weighted by Crippen LogP contribution is 2.31. The lowest BCUT2D eigenvalue weighted by molar-refractivity contribution is -0.119. The molecule has 0 spiro atoms. The molecule has 120 valence electrons. The Morgan fingerprint density at radius 2 is 1.78 bits per heavy atom. The van der Waals surface area contributed by atoms with Gasteiger partial charge in [-0.2, -0.15) is 0 Å². The zero-order valence-electron chi connectivity index (χ0n) is 11.4. The monoisotopic (exact) mass is 435 g/mol. The van der Waals surface area contributed by atoms with E-state index in [2.05, 4.69) is 21.2 Å². The van der Waals surface area contributed by atoms with Crippen LogP contribution in [-0.4, -0.2) is 18.5 Å². The summed E-state index contributed by atoms with van der Waals surface area (Å²) in [7, 11) is 0. The maximum Gasteiger partial charge on any atom is 0.341 e. The van der Waals surface area contributed by atoms with Gasteiger partial charge in [-0.1, -0.05) is 56.8 Å². The van der Waals surface area contributed by atoms with Gasteiger partial charge < -0.3 is 10.1 Å². The van der Waals surface area contributed by atoms with Crippen LogP contribution in [0.15, 0.2) is 40.9 Å². The summed E-state index contributed by atoms with van der Waals surface area (Å²) in [6.45, 7) is -0.482. The fraction of sp³-hybridized carbons (Fsp3) is 0.0667. The molecule has 0 saturated carbocycles. The van der Waals surface area contributed by atoms with Crippen molar-refractivity contribution in [2.75, 3.05) is 11.9 Å². The molecule has 0 aliphatic rings. The minimum absolute atomic E-state index is 0.0171. The van der Waals surface area contributed by atoms with Crippen molar-refractivity contribution in [1.29, 1.82) is 0 Å². The van der Waals surface area contributed by atoms with Crippen LogP contribution in [0.3, 0.4) is 0 Å². The zero-order valence-corrected chi connectivity index (χ0v) is 15.3. The van der Waals surface area contributed by atoms with Gasteiger partial charge in [0.1, 0.15) is 0 Å². The molecule has 23 heavy (non-hydrogen) atoms. The van der Waals surface area contributed by atoms with Gasteiger partial charge in [0.05, 0.1) is 20.6 Å². The van der Waals surface area contributed by atoms with Gasteiger partial charge >= 0.3 is 5.97 Å². The first-order valence-corrected chi connectivity index (χ1v) is 8.17. The fourth-order valence-electron chi connectivity index (χ4n) is 1.68. The highest BCUT2D eigenvalue weighted by Gasteiger charge is 2.19. The first-order chi connectivity index (χ1) is 10.9. The first kappa shape index (κ1) is 18.1. The van der Waals surface area contributed by atoms with Crippen LogP contribution in [0.25, 0.3) is 0 Å². The molecule has 0 radical (unpaired) electrons. The summed E-state index contributed by atoms with van der Waals surface area (Å²) >= 11 is 21.0. The number of nitrogens with one attached hydrogen (secondary N) is 1. The lowest BCUT2D eigenvalue weighted by atomic mass is 10.2. The van der Waals surface area contributed by atoms with Crippen molar-refractivity contribution in [3.05, 3.63) is 61.5 Å². The van der Waals surface area contributed by atoms with Gasteiger partial charge in [0.2, 0.25) is 0 Å². The quantitative estimate of drug-likeness (QED) is 0.528. The zero-order chi connectivity index (χ0) is 17.0. The number of hydrogen-bond acceptors (Lipinski definition) is 3. The second-order valence-electron chi connectivity index (χ2n) is 4.35. The van der Waals surface area contributed by atoms with Crippen LogP contribution in [-0.2, 0) is 9.53 Å². The van der Waals surface area contributed by atoms with Crippen molar-refractivity contribution in [3.8, 4) is 0 Å². The molecule has 0 unspecified atom stereocenters. The molecule has 0 bridgehead atoms. The van der Waals surface area contributed by atoms with E-state index in [1.807, 2.05) is 6.07 Å². The molecule has 0 aliphatic carbocycles. The largest absolute Gasteiger partial charge is 0.452 e. The molecule has 1 N–H and O–H groups in total. The average molecular weight is 438 g/mol. The summed E-state index contributed by atoms with van der Waals surface area (Å²) in [4.78, 5) is 23.8. The molecule has 4 nitrogen and oxygen atoms in total. The smallest absolute Gasteiger partial charge is 0.341 e. The average Bonchev–Trinajstić information content (AvgIpc) is 2.49. The topological polar surface area (TPSA) is 55.4 Å². The van der Waals surface area contributed by atoms with Crippen LogP contribution in [0, 0.1) is 0 Å². The van der Waals surface area contributed by atoms with E-state index in [0.717, 1.165) is 4.47 Å². The summed E-state index contributed by atoms with van der Waals surface area (Å²) in [5, 5.41) is 2.84. The number of benzene rings is 2. The van der Waals surface area contributed by atoms with E-state index in [1.165, 1.54) is 12.1 Å². The molecule has 8 heteroatoms. The second-order valence-corrected chi connectivity index (χ2v) is 6.46. The number of esters is 1. The SMILES string of the molecule is O=C(COC(=O)c1c(Cl)ccc(Cl)c1Cl)Nc1cccc(Br)c1. The van der Waals surface area contributed by atoms with E-state index in [1.54, 1.807) is 18.2 Å². The standard InChI is InChI=1S/C15H9BrCl3NO3/c16-8-2-1-3-9(6-8)20-12(21)7-23-15(22)13-10(17)4-5-11(18)14(13)19/h1-6H,7H2,(H,20,21). The highest BCUT2D eigenvalue weighted by atomic mass is 79.9. The molecular weight excluding hydrogens is 428 g/mol. The third kappa shape index (κ3) is 4.85. The van der Waals surface area contributed by atoms with Gasteiger partial charge in [-0.3, -0.25) is 4.79 Å². The lowest BCUT2D eigenvalue weighted by Crippen LogP contribution is -2.21. The fourth-order valence-corrected chi connectivity index (χ4v) is 2.76. The molecule has 0 atom stereocenters. The Hall–Kier alpha value is -1.27. The normalized spacial score (nSPS) is 10.3. The minimum atomic E-state index is -0.827. The van der Waals surface area contributed by atoms with E-state index >= 15 is 0 Å². The Kier molecular flexibility index (Phi) is 6.30. The summed E-state index contributed by atoms with van der Waals surface area (Å²) in [5.74, 6) is -1.32. The molecule has 0 saturated heterocycles. The number of carbonyl (C=O) groups is 2. The van der Waals surface area contributed by atoms with Gasteiger partial charge in [0.15, 0.2) is 6.61 Å². The number of carbonyl (C=O) groups excluding carboxylic acids is 2. The minimum Gasteiger partial charge on any atom is -0.452 e. The number of anilines is 1. The molecule has 2 rings (SSSR count). The first-order valence-electron chi connectivity index (χ1n) is 6.24. The van der Waals surface area contributed by atoms with Gasteiger partial charge in [0, 0.05) is 10.2 Å². The van der Waals surface area contributed by atoms with Crippen LogP contribution < -0.4 is 5.32 Å². The maximum atomic E-state index is 12.0. The van der Waals surface area contributed by atoms with Crippen LogP contribution >= 0.6 is 50.7 Å². The maximum absolute atomic E-state index is 12.0. The Morgan fingerprint density at radius 1 is 1.09 bits per heavy atom. The number of halogens is 4. The molecule has 0 fully saturated rings. The van der Waals surface area contributed by atoms with Crippen molar-refractivity contribution in [1.82, 2.24) is 0 Å². The van der Waals surface area contributed by atoms with E-state index in [0.29, 0.717) is 5.69 Å². The molecule has 0 aliphatic heterocycles. The molecular formula is C15H9BrCl3NO3. The molecule has 1 amide bonds. The van der Waals surface area contributed by atoms with Gasteiger partial charge in [-0.15, -0.1) is 0 Å². The molecule has 2 aromatic rings. The highest BCUT2D eigenvalue weighted by molar-refractivity contribution is 9.10. The van der Waals surface area contributed by atoms with Crippen LogP contribution in [0.5, 0.6) is 0 Å². The van der Waals surface area contributed by atoms with Crippen LogP contribution in [0.2, 0.25) is 15.1 Å². The number of amides is 1. The number of ether oxygens (including phenoxy) is 1. The van der Waals surface area contributed by atoms with Gasteiger partial charge in [-0.05, 0) is 30.3 Å². The van der Waals surface area contributed by atoms with E-state index < -0.39 is 18.5 Å². The molecule has 0 aromatic heterocycles. The Morgan fingerprint density at radius 3 is 2.48 bits per heavy atom. The third-order valence-electron chi connectivity index (χ3n) is 2.69. The van der Waals surface area contributed by atoms with Crippen molar-refractivity contribution in [2.45, 2.75) is 0 Å². The lowest BCUT2D eigenvalue weighted by Gasteiger charge is -2.09. The van der Waals surface area contributed by atoms with E-state index in [-0.39, 0.29) is 20.6 Å². The summed E-state index contributed by atoms with van der Waals surface area (Å²) < 4.78 is 5.73. The third-order valence-corrected chi connectivity index (χ3v) is 4.30. The second kappa shape index (κ2) is 8.02. The van der Waals surface area contributed by atoms with Crippen molar-refractivity contribution in [3.63, 3.8) is 0 Å². The molecule has 2 aromatic carbocycles. The van der Waals surface area contributed by atoms with Crippen molar-refractivity contribution >= 4 is 68.3 Å².